The standard InChI is InChI=1S/C17H16N4O3S2/c22-17(20-13-4-7-16-15(10-13)18-11-25-16)12-2-5-14(6-3-12)21-9-1-8-19-26(21,23)24/h2-7,10-11,19H,1,8-9H2,(H,20,22). The van der Waals surface area contributed by atoms with Crippen LogP contribution in [0.25, 0.3) is 10.2 Å². The van der Waals surface area contributed by atoms with Crippen LogP contribution in [-0.4, -0.2) is 32.4 Å². The van der Waals surface area contributed by atoms with Crippen molar-refractivity contribution in [2.45, 2.75) is 6.42 Å². The van der Waals surface area contributed by atoms with Crippen LogP contribution in [0.15, 0.2) is 48.0 Å². The summed E-state index contributed by atoms with van der Waals surface area (Å²) in [7, 11) is -3.50. The number of rotatable bonds is 3. The highest BCUT2D eigenvalue weighted by Gasteiger charge is 2.25. The van der Waals surface area contributed by atoms with E-state index in [9.17, 15) is 13.2 Å². The summed E-state index contributed by atoms with van der Waals surface area (Å²) in [4.78, 5) is 16.7. The van der Waals surface area contributed by atoms with Gasteiger partial charge in [-0.25, -0.2) is 4.98 Å². The summed E-state index contributed by atoms with van der Waals surface area (Å²) < 4.78 is 29.0. The fraction of sp³-hybridized carbons (Fsp3) is 0.176. The highest BCUT2D eigenvalue weighted by Crippen LogP contribution is 2.23. The SMILES string of the molecule is O=C(Nc1ccc2scnc2c1)c1ccc(N2CCCNS2(=O)=O)cc1. The van der Waals surface area contributed by atoms with Gasteiger partial charge in [-0.2, -0.15) is 13.1 Å². The third-order valence-corrected chi connectivity index (χ3v) is 6.47. The Morgan fingerprint density at radius 1 is 1.19 bits per heavy atom. The number of hydrogen-bond acceptors (Lipinski definition) is 5. The molecule has 1 aliphatic rings. The van der Waals surface area contributed by atoms with E-state index in [1.807, 2.05) is 18.2 Å². The zero-order chi connectivity index (χ0) is 18.1. The van der Waals surface area contributed by atoms with Crippen molar-refractivity contribution in [1.29, 1.82) is 0 Å². The van der Waals surface area contributed by atoms with E-state index in [0.717, 1.165) is 16.6 Å². The molecular formula is C17H16N4O3S2. The van der Waals surface area contributed by atoms with Crippen molar-refractivity contribution in [3.8, 4) is 0 Å². The van der Waals surface area contributed by atoms with Crippen LogP contribution in [0.1, 0.15) is 16.8 Å². The van der Waals surface area contributed by atoms with E-state index >= 15 is 0 Å². The zero-order valence-electron chi connectivity index (χ0n) is 13.7. The Hall–Kier alpha value is -2.49. The van der Waals surface area contributed by atoms with E-state index in [1.165, 1.54) is 4.31 Å². The molecule has 2 heterocycles. The minimum atomic E-state index is -3.50. The fourth-order valence-corrected chi connectivity index (χ4v) is 4.79. The first-order valence-electron chi connectivity index (χ1n) is 8.05. The molecule has 7 nitrogen and oxygen atoms in total. The smallest absolute Gasteiger partial charge is 0.301 e. The Kier molecular flexibility index (Phi) is 4.35. The van der Waals surface area contributed by atoms with E-state index < -0.39 is 10.2 Å². The molecule has 1 aromatic heterocycles. The highest BCUT2D eigenvalue weighted by molar-refractivity contribution is 7.90. The first-order chi connectivity index (χ1) is 12.5. The first kappa shape index (κ1) is 17.0. The minimum Gasteiger partial charge on any atom is -0.322 e. The molecule has 1 fully saturated rings. The summed E-state index contributed by atoms with van der Waals surface area (Å²) in [5.41, 5.74) is 4.26. The molecule has 0 spiro atoms. The van der Waals surface area contributed by atoms with Crippen LogP contribution >= 0.6 is 11.3 Å². The number of aromatic nitrogens is 1. The lowest BCUT2D eigenvalue weighted by atomic mass is 10.2. The van der Waals surface area contributed by atoms with Crippen molar-refractivity contribution in [2.75, 3.05) is 22.7 Å². The van der Waals surface area contributed by atoms with Crippen LogP contribution in [0.5, 0.6) is 0 Å². The Morgan fingerprint density at radius 3 is 2.77 bits per heavy atom. The molecule has 2 aromatic carbocycles. The van der Waals surface area contributed by atoms with E-state index in [0.29, 0.717) is 30.0 Å². The van der Waals surface area contributed by atoms with Crippen molar-refractivity contribution in [2.24, 2.45) is 0 Å². The minimum absolute atomic E-state index is 0.259. The molecule has 3 aromatic rings. The van der Waals surface area contributed by atoms with Gasteiger partial charge < -0.3 is 5.32 Å². The Morgan fingerprint density at radius 2 is 2.00 bits per heavy atom. The number of anilines is 2. The lowest BCUT2D eigenvalue weighted by molar-refractivity contribution is 0.102. The lowest BCUT2D eigenvalue weighted by Gasteiger charge is -2.28. The van der Waals surface area contributed by atoms with Crippen molar-refractivity contribution >= 4 is 49.0 Å². The second-order valence-corrected chi connectivity index (χ2v) is 8.43. The number of benzene rings is 2. The third-order valence-electron chi connectivity index (χ3n) is 4.12. The molecular weight excluding hydrogens is 372 g/mol. The van der Waals surface area contributed by atoms with E-state index in [2.05, 4.69) is 15.0 Å². The number of thiazole rings is 1. The van der Waals surface area contributed by atoms with Crippen LogP contribution in [-0.2, 0) is 10.2 Å². The van der Waals surface area contributed by atoms with Crippen LogP contribution in [0.2, 0.25) is 0 Å². The molecule has 0 bridgehead atoms. The predicted molar refractivity (Wildman–Crippen MR) is 103 cm³/mol. The Balaban J connectivity index is 1.51. The number of hydrogen-bond donors (Lipinski definition) is 2. The van der Waals surface area contributed by atoms with Gasteiger partial charge in [0.2, 0.25) is 0 Å². The molecule has 1 saturated heterocycles. The molecule has 0 unspecified atom stereocenters. The number of amides is 1. The van der Waals surface area contributed by atoms with Gasteiger partial charge in [0, 0.05) is 24.3 Å². The van der Waals surface area contributed by atoms with Crippen LogP contribution in [0.3, 0.4) is 0 Å². The molecule has 1 aliphatic heterocycles. The van der Waals surface area contributed by atoms with Gasteiger partial charge in [0.25, 0.3) is 5.91 Å². The second kappa shape index (κ2) is 6.67. The highest BCUT2D eigenvalue weighted by atomic mass is 32.2. The number of nitrogens with zero attached hydrogens (tertiary/aromatic N) is 2. The van der Waals surface area contributed by atoms with E-state index in [-0.39, 0.29) is 5.91 Å². The van der Waals surface area contributed by atoms with Crippen LogP contribution in [0, 0.1) is 0 Å². The van der Waals surface area contributed by atoms with Gasteiger partial charge >= 0.3 is 10.2 Å². The quantitative estimate of drug-likeness (QED) is 0.721. The van der Waals surface area contributed by atoms with Crippen molar-refractivity contribution < 1.29 is 13.2 Å². The van der Waals surface area contributed by atoms with Crippen molar-refractivity contribution in [3.63, 3.8) is 0 Å². The largest absolute Gasteiger partial charge is 0.322 e. The molecule has 134 valence electrons. The first-order valence-corrected chi connectivity index (χ1v) is 10.4. The van der Waals surface area contributed by atoms with Gasteiger partial charge in [-0.1, -0.05) is 0 Å². The Bertz CT molecular complexity index is 1060. The molecule has 26 heavy (non-hydrogen) atoms. The maximum atomic E-state index is 12.4. The summed E-state index contributed by atoms with van der Waals surface area (Å²) in [6.07, 6.45) is 0.737. The average molecular weight is 388 g/mol. The summed E-state index contributed by atoms with van der Waals surface area (Å²) in [5, 5.41) is 2.84. The number of carbonyl (C=O) groups is 1. The molecule has 9 heteroatoms. The monoisotopic (exact) mass is 388 g/mol. The number of carbonyl (C=O) groups excluding carboxylic acids is 1. The van der Waals surface area contributed by atoms with Gasteiger partial charge in [-0.05, 0) is 48.9 Å². The summed E-state index contributed by atoms with van der Waals surface area (Å²) in [6.45, 7) is 0.872. The summed E-state index contributed by atoms with van der Waals surface area (Å²) in [5.74, 6) is -0.259. The Labute approximate surface area is 154 Å². The molecule has 0 atom stereocenters. The normalized spacial score (nSPS) is 16.5. The van der Waals surface area contributed by atoms with Crippen LogP contribution < -0.4 is 14.3 Å². The van der Waals surface area contributed by atoms with Gasteiger partial charge in [-0.3, -0.25) is 9.10 Å². The average Bonchev–Trinajstić information content (AvgIpc) is 3.09. The summed E-state index contributed by atoms with van der Waals surface area (Å²) in [6, 6.07) is 12.1. The fourth-order valence-electron chi connectivity index (χ4n) is 2.81. The third kappa shape index (κ3) is 3.28. The zero-order valence-corrected chi connectivity index (χ0v) is 15.3. The van der Waals surface area contributed by atoms with Gasteiger partial charge in [0.15, 0.2) is 0 Å². The van der Waals surface area contributed by atoms with Gasteiger partial charge in [0.1, 0.15) is 0 Å². The van der Waals surface area contributed by atoms with E-state index in [4.69, 9.17) is 0 Å². The predicted octanol–water partition coefficient (Wildman–Crippen LogP) is 2.59. The molecule has 0 radical (unpaired) electrons. The maximum Gasteiger partial charge on any atom is 0.301 e. The number of nitrogens with one attached hydrogen (secondary N) is 2. The van der Waals surface area contributed by atoms with Crippen LogP contribution in [0.4, 0.5) is 11.4 Å². The molecule has 2 N–H and O–H groups in total. The molecule has 0 saturated carbocycles. The van der Waals surface area contributed by atoms with Crippen molar-refractivity contribution in [3.05, 3.63) is 53.5 Å². The molecule has 0 aliphatic carbocycles. The summed E-state index contributed by atoms with van der Waals surface area (Å²) >= 11 is 1.54. The van der Waals surface area contributed by atoms with Gasteiger partial charge in [-0.15, -0.1) is 11.3 Å². The van der Waals surface area contributed by atoms with Crippen molar-refractivity contribution in [1.82, 2.24) is 9.71 Å². The topological polar surface area (TPSA) is 91.4 Å². The number of fused-ring (bicyclic) bond motifs is 1. The molecule has 4 rings (SSSR count). The van der Waals surface area contributed by atoms with E-state index in [1.54, 1.807) is 41.1 Å². The maximum absolute atomic E-state index is 12.4. The van der Waals surface area contributed by atoms with Gasteiger partial charge in [0.05, 0.1) is 21.4 Å². The lowest BCUT2D eigenvalue weighted by Crippen LogP contribution is -2.47. The molecule has 1 amide bonds. The second-order valence-electron chi connectivity index (χ2n) is 5.86.